The van der Waals surface area contributed by atoms with E-state index in [0.717, 1.165) is 57.2 Å². The minimum atomic E-state index is -0.137. The molecule has 0 spiro atoms. The molecule has 0 atom stereocenters. The molecule has 5 heteroatoms. The highest BCUT2D eigenvalue weighted by Crippen LogP contribution is 2.39. The number of hydrogen-bond acceptors (Lipinski definition) is 4. The average molecular weight is 383 g/mol. The third-order valence-corrected chi connectivity index (χ3v) is 6.33. The summed E-state index contributed by atoms with van der Waals surface area (Å²) in [4.78, 5) is 30.9. The van der Waals surface area contributed by atoms with Crippen LogP contribution in [0.5, 0.6) is 5.75 Å². The fraction of sp³-hybridized carbons (Fsp3) is 0.565. The predicted molar refractivity (Wildman–Crippen MR) is 109 cm³/mol. The minimum absolute atomic E-state index is 0.0227. The Balaban J connectivity index is 1.78. The Morgan fingerprint density at radius 1 is 0.857 bits per heavy atom. The number of piperidine rings is 1. The molecule has 1 aromatic rings. The molecule has 0 aromatic heterocycles. The van der Waals surface area contributed by atoms with Crippen molar-refractivity contribution >= 4 is 17.4 Å². The van der Waals surface area contributed by atoms with Gasteiger partial charge in [0, 0.05) is 24.7 Å². The summed E-state index contributed by atoms with van der Waals surface area (Å²) in [5.74, 6) is 0.414. The van der Waals surface area contributed by atoms with E-state index in [1.807, 2.05) is 24.3 Å². The number of benzene rings is 1. The molecule has 0 unspecified atom stereocenters. The van der Waals surface area contributed by atoms with Crippen LogP contribution < -0.4 is 4.74 Å². The number of para-hydroxylation sites is 1. The Morgan fingerprint density at radius 2 is 1.50 bits per heavy atom. The van der Waals surface area contributed by atoms with Crippen molar-refractivity contribution in [3.8, 4) is 5.75 Å². The summed E-state index contributed by atoms with van der Waals surface area (Å²) in [5, 5.41) is 0. The zero-order valence-electron chi connectivity index (χ0n) is 16.8. The lowest BCUT2D eigenvalue weighted by atomic mass is 10.0. The summed E-state index contributed by atoms with van der Waals surface area (Å²) in [6, 6.07) is 7.59. The Hall–Kier alpha value is -2.30. The highest BCUT2D eigenvalue weighted by atomic mass is 16.5. The fourth-order valence-electron chi connectivity index (χ4n) is 4.89. The molecule has 28 heavy (non-hydrogen) atoms. The van der Waals surface area contributed by atoms with E-state index in [2.05, 4.69) is 4.90 Å². The summed E-state index contributed by atoms with van der Waals surface area (Å²) in [6.07, 6.45) is 9.71. The van der Waals surface area contributed by atoms with E-state index >= 15 is 0 Å². The molecule has 2 aliphatic heterocycles. The van der Waals surface area contributed by atoms with Gasteiger partial charge < -0.3 is 9.64 Å². The van der Waals surface area contributed by atoms with Crippen molar-refractivity contribution in [1.29, 1.82) is 0 Å². The molecule has 2 amide bonds. The summed E-state index contributed by atoms with van der Waals surface area (Å²) >= 11 is 0. The number of ether oxygens (including phenoxy) is 1. The first-order valence-corrected chi connectivity index (χ1v) is 10.7. The smallest absolute Gasteiger partial charge is 0.278 e. The van der Waals surface area contributed by atoms with Gasteiger partial charge in [-0.15, -0.1) is 0 Å². The molecule has 3 aliphatic rings. The van der Waals surface area contributed by atoms with Gasteiger partial charge in [0.25, 0.3) is 11.8 Å². The van der Waals surface area contributed by atoms with E-state index in [9.17, 15) is 9.59 Å². The van der Waals surface area contributed by atoms with Crippen molar-refractivity contribution in [1.82, 2.24) is 9.80 Å². The van der Waals surface area contributed by atoms with Crippen LogP contribution in [0.2, 0.25) is 0 Å². The first-order chi connectivity index (χ1) is 13.7. The maximum Gasteiger partial charge on any atom is 0.278 e. The van der Waals surface area contributed by atoms with Crippen LogP contribution in [0.3, 0.4) is 0 Å². The first kappa shape index (κ1) is 19.0. The molecule has 2 heterocycles. The number of imide groups is 1. The van der Waals surface area contributed by atoms with Gasteiger partial charge in [0.2, 0.25) is 0 Å². The van der Waals surface area contributed by atoms with Crippen LogP contribution in [0.1, 0.15) is 63.4 Å². The Bertz CT molecular complexity index is 772. The van der Waals surface area contributed by atoms with Crippen LogP contribution in [-0.2, 0) is 9.59 Å². The van der Waals surface area contributed by atoms with Crippen molar-refractivity contribution in [3.05, 3.63) is 35.5 Å². The SMILES string of the molecule is COc1ccccc1C1=C(N2CCCCC2)C(=O)N(C2CCCCCC2)C1=O. The molecule has 1 saturated carbocycles. The zero-order chi connectivity index (χ0) is 19.5. The quantitative estimate of drug-likeness (QED) is 0.584. The van der Waals surface area contributed by atoms with E-state index in [0.29, 0.717) is 17.0 Å². The van der Waals surface area contributed by atoms with Crippen LogP contribution in [0.15, 0.2) is 30.0 Å². The van der Waals surface area contributed by atoms with E-state index in [-0.39, 0.29) is 17.9 Å². The van der Waals surface area contributed by atoms with Crippen molar-refractivity contribution in [2.24, 2.45) is 0 Å². The largest absolute Gasteiger partial charge is 0.496 e. The van der Waals surface area contributed by atoms with Crippen LogP contribution in [0.25, 0.3) is 5.57 Å². The van der Waals surface area contributed by atoms with Crippen LogP contribution in [0, 0.1) is 0 Å². The van der Waals surface area contributed by atoms with Crippen molar-refractivity contribution < 1.29 is 14.3 Å². The van der Waals surface area contributed by atoms with Crippen molar-refractivity contribution in [2.45, 2.75) is 63.8 Å². The number of nitrogens with zero attached hydrogens (tertiary/aromatic N) is 2. The summed E-state index contributed by atoms with van der Waals surface area (Å²) < 4.78 is 5.54. The van der Waals surface area contributed by atoms with Gasteiger partial charge in [-0.2, -0.15) is 0 Å². The van der Waals surface area contributed by atoms with Gasteiger partial charge in [-0.25, -0.2) is 0 Å². The maximum absolute atomic E-state index is 13.6. The number of carbonyl (C=O) groups is 2. The Morgan fingerprint density at radius 3 is 2.18 bits per heavy atom. The van der Waals surface area contributed by atoms with Gasteiger partial charge in [-0.3, -0.25) is 14.5 Å². The molecule has 0 radical (unpaired) electrons. The maximum atomic E-state index is 13.6. The molecular weight excluding hydrogens is 352 g/mol. The number of rotatable bonds is 4. The number of methoxy groups -OCH3 is 1. The molecule has 150 valence electrons. The summed E-state index contributed by atoms with van der Waals surface area (Å²) in [5.41, 5.74) is 1.87. The summed E-state index contributed by atoms with van der Waals surface area (Å²) in [7, 11) is 1.62. The lowest BCUT2D eigenvalue weighted by molar-refractivity contribution is -0.140. The molecule has 4 rings (SSSR count). The average Bonchev–Trinajstić information content (AvgIpc) is 2.89. The van der Waals surface area contributed by atoms with E-state index < -0.39 is 0 Å². The van der Waals surface area contributed by atoms with Gasteiger partial charge in [-0.1, -0.05) is 43.9 Å². The summed E-state index contributed by atoms with van der Waals surface area (Å²) in [6.45, 7) is 1.68. The predicted octanol–water partition coefficient (Wildman–Crippen LogP) is 3.98. The second-order valence-electron chi connectivity index (χ2n) is 8.10. The highest BCUT2D eigenvalue weighted by molar-refractivity contribution is 6.36. The van der Waals surface area contributed by atoms with Crippen LogP contribution in [-0.4, -0.2) is 47.9 Å². The molecule has 5 nitrogen and oxygen atoms in total. The van der Waals surface area contributed by atoms with Gasteiger partial charge in [-0.05, 0) is 38.2 Å². The molecule has 0 bridgehead atoms. The standard InChI is InChI=1S/C23H30N2O3/c1-28-19-14-8-7-13-18(19)20-21(24-15-9-4-10-16-24)23(27)25(22(20)26)17-11-5-2-3-6-12-17/h7-8,13-14,17H,2-6,9-12,15-16H2,1H3. The third-order valence-electron chi connectivity index (χ3n) is 6.33. The van der Waals surface area contributed by atoms with E-state index in [1.165, 1.54) is 19.3 Å². The van der Waals surface area contributed by atoms with E-state index in [1.54, 1.807) is 12.0 Å². The second-order valence-corrected chi connectivity index (χ2v) is 8.10. The normalized spacial score (nSPS) is 22.0. The van der Waals surface area contributed by atoms with Crippen LogP contribution >= 0.6 is 0 Å². The van der Waals surface area contributed by atoms with Gasteiger partial charge in [0.1, 0.15) is 11.4 Å². The molecule has 0 N–H and O–H groups in total. The number of amides is 2. The minimum Gasteiger partial charge on any atom is -0.496 e. The Kier molecular flexibility index (Phi) is 5.69. The van der Waals surface area contributed by atoms with Gasteiger partial charge in [0.05, 0.1) is 12.7 Å². The third kappa shape index (κ3) is 3.43. The van der Waals surface area contributed by atoms with Crippen molar-refractivity contribution in [3.63, 3.8) is 0 Å². The first-order valence-electron chi connectivity index (χ1n) is 10.7. The van der Waals surface area contributed by atoms with Crippen LogP contribution in [0.4, 0.5) is 0 Å². The van der Waals surface area contributed by atoms with Gasteiger partial charge >= 0.3 is 0 Å². The lowest BCUT2D eigenvalue weighted by Crippen LogP contribution is -2.43. The second kappa shape index (κ2) is 8.38. The number of likely N-dealkylation sites (tertiary alicyclic amines) is 1. The molecule has 2 fully saturated rings. The Labute approximate surface area is 167 Å². The fourth-order valence-corrected chi connectivity index (χ4v) is 4.89. The zero-order valence-corrected chi connectivity index (χ0v) is 16.8. The lowest BCUT2D eigenvalue weighted by Gasteiger charge is -2.31. The molecule has 1 aliphatic carbocycles. The molecular formula is C23H30N2O3. The number of carbonyl (C=O) groups excluding carboxylic acids is 2. The topological polar surface area (TPSA) is 49.9 Å². The molecule has 1 aromatic carbocycles. The van der Waals surface area contributed by atoms with Gasteiger partial charge in [0.15, 0.2) is 0 Å². The molecule has 1 saturated heterocycles. The monoisotopic (exact) mass is 382 g/mol. The van der Waals surface area contributed by atoms with E-state index in [4.69, 9.17) is 4.74 Å². The van der Waals surface area contributed by atoms with Crippen molar-refractivity contribution in [2.75, 3.05) is 20.2 Å². The number of hydrogen-bond donors (Lipinski definition) is 0. The highest BCUT2D eigenvalue weighted by Gasteiger charge is 2.45.